The second kappa shape index (κ2) is 11.0. The molecule has 0 aliphatic heterocycles. The van der Waals surface area contributed by atoms with Crippen molar-refractivity contribution >= 4 is 23.6 Å². The molecule has 188 valence electrons. The van der Waals surface area contributed by atoms with Gasteiger partial charge in [0.15, 0.2) is 6.61 Å². The molecule has 0 spiro atoms. The number of carbonyl (C=O) groups excluding carboxylic acids is 2. The van der Waals surface area contributed by atoms with Crippen LogP contribution in [0.2, 0.25) is 0 Å². The van der Waals surface area contributed by atoms with Gasteiger partial charge in [0, 0.05) is 31.5 Å². The van der Waals surface area contributed by atoms with E-state index < -0.39 is 35.2 Å². The molecule has 2 aromatic heterocycles. The number of carbonyl (C=O) groups is 2. The zero-order valence-electron chi connectivity index (χ0n) is 21.3. The zero-order chi connectivity index (χ0) is 26.6. The van der Waals surface area contributed by atoms with Crippen molar-refractivity contribution in [3.8, 4) is 6.07 Å². The molecule has 0 bridgehead atoms. The number of esters is 1. The first-order valence-corrected chi connectivity index (χ1v) is 11.4. The molecule has 10 nitrogen and oxygen atoms in total. The molecule has 0 saturated carbocycles. The number of rotatable bonds is 9. The second-order valence-electron chi connectivity index (χ2n) is 9.41. The normalized spacial score (nSPS) is 11.7. The van der Waals surface area contributed by atoms with Crippen molar-refractivity contribution in [2.45, 2.75) is 54.6 Å². The Labute approximate surface area is 204 Å². The summed E-state index contributed by atoms with van der Waals surface area (Å²) in [6, 6.07) is 3.68. The summed E-state index contributed by atoms with van der Waals surface area (Å²) < 4.78 is 9.09. The molecule has 10 heteroatoms. The van der Waals surface area contributed by atoms with E-state index >= 15 is 0 Å². The Hall–Kier alpha value is -3.87. The molecule has 0 aliphatic rings. The van der Waals surface area contributed by atoms with Crippen molar-refractivity contribution in [1.29, 1.82) is 5.26 Å². The lowest BCUT2D eigenvalue weighted by Crippen LogP contribution is -2.43. The maximum atomic E-state index is 12.8. The summed E-state index contributed by atoms with van der Waals surface area (Å²) in [5, 5.41) is 9.51. The Kier molecular flexibility index (Phi) is 8.63. The van der Waals surface area contributed by atoms with Crippen LogP contribution in [-0.2, 0) is 29.7 Å². The molecule has 2 heterocycles. The second-order valence-corrected chi connectivity index (χ2v) is 9.41. The first-order chi connectivity index (χ1) is 16.3. The van der Waals surface area contributed by atoms with E-state index in [-0.39, 0.29) is 23.9 Å². The molecular weight excluding hydrogens is 450 g/mol. The van der Waals surface area contributed by atoms with E-state index in [1.807, 2.05) is 39.8 Å². The smallest absolute Gasteiger partial charge is 0.349 e. The Bertz CT molecular complexity index is 1330. The van der Waals surface area contributed by atoms with E-state index in [9.17, 15) is 24.4 Å². The fourth-order valence-corrected chi connectivity index (χ4v) is 3.78. The lowest BCUT2D eigenvalue weighted by Gasteiger charge is -2.16. The number of nitrogen functional groups attached to an aromatic ring is 1. The van der Waals surface area contributed by atoms with Gasteiger partial charge in [-0.05, 0) is 43.4 Å². The lowest BCUT2D eigenvalue weighted by atomic mass is 10.1. The van der Waals surface area contributed by atoms with Crippen LogP contribution in [0.15, 0.2) is 21.2 Å². The zero-order valence-corrected chi connectivity index (χ0v) is 21.3. The van der Waals surface area contributed by atoms with Gasteiger partial charge in [0.05, 0.1) is 0 Å². The number of ketones is 1. The molecule has 0 aromatic carbocycles. The first-order valence-electron chi connectivity index (χ1n) is 11.4. The molecular formula is C25H33N5O5. The van der Waals surface area contributed by atoms with Crippen molar-refractivity contribution in [3.63, 3.8) is 0 Å². The lowest BCUT2D eigenvalue weighted by molar-refractivity contribution is -0.137. The third-order valence-corrected chi connectivity index (χ3v) is 5.54. The molecule has 0 radical (unpaired) electrons. The Morgan fingerprint density at radius 3 is 2.23 bits per heavy atom. The summed E-state index contributed by atoms with van der Waals surface area (Å²) in [4.78, 5) is 50.3. The van der Waals surface area contributed by atoms with Gasteiger partial charge in [0.1, 0.15) is 23.0 Å². The highest BCUT2D eigenvalue weighted by Gasteiger charge is 2.24. The summed E-state index contributed by atoms with van der Waals surface area (Å²) in [5.41, 5.74) is 6.35. The average Bonchev–Trinajstić information content (AvgIpc) is 3.04. The Morgan fingerprint density at radius 1 is 1.11 bits per heavy atom. The van der Waals surface area contributed by atoms with Gasteiger partial charge in [-0.3, -0.25) is 18.7 Å². The summed E-state index contributed by atoms with van der Waals surface area (Å²) in [7, 11) is 1.25. The maximum absolute atomic E-state index is 12.8. The minimum Gasteiger partial charge on any atom is -0.453 e. The molecule has 35 heavy (non-hydrogen) atoms. The SMILES string of the molecule is Cc1cc(/C=C(\C#N)C(=O)OCC(=O)c2c(N)n(CC(C)C)c(=O)n(C)c2=O)c(C)n1CC(C)C. The number of aromatic nitrogens is 3. The number of ether oxygens (including phenoxy) is 1. The van der Waals surface area contributed by atoms with Crippen molar-refractivity contribution in [2.24, 2.45) is 18.9 Å². The standard InChI is InChI=1S/C25H33N5O5/c1-14(2)11-29-16(5)8-18(17(29)6)9-19(10-26)24(33)35-13-20(31)21-22(27)30(12-15(3)4)25(34)28(7)23(21)32/h8-9,14-15H,11-13,27H2,1-7H3/b19-9+. The van der Waals surface area contributed by atoms with Gasteiger partial charge >= 0.3 is 11.7 Å². The minimum absolute atomic E-state index is 0.0269. The van der Waals surface area contributed by atoms with Crippen molar-refractivity contribution in [1.82, 2.24) is 13.7 Å². The summed E-state index contributed by atoms with van der Waals surface area (Å²) in [6.45, 7) is 11.9. The summed E-state index contributed by atoms with van der Waals surface area (Å²) in [5.74, 6) is -1.69. The number of anilines is 1. The quantitative estimate of drug-likeness (QED) is 0.249. The van der Waals surface area contributed by atoms with Gasteiger partial charge in [0.2, 0.25) is 5.78 Å². The number of nitriles is 1. The molecule has 0 unspecified atom stereocenters. The van der Waals surface area contributed by atoms with E-state index in [0.717, 1.165) is 27.1 Å². The largest absolute Gasteiger partial charge is 0.453 e. The molecule has 0 aliphatic carbocycles. The number of nitrogens with two attached hydrogens (primary N) is 1. The van der Waals surface area contributed by atoms with Gasteiger partial charge in [-0.1, -0.05) is 27.7 Å². The molecule has 2 N–H and O–H groups in total. The van der Waals surface area contributed by atoms with E-state index in [1.54, 1.807) is 0 Å². The van der Waals surface area contributed by atoms with E-state index in [0.29, 0.717) is 11.5 Å². The predicted molar refractivity (Wildman–Crippen MR) is 133 cm³/mol. The number of hydrogen-bond acceptors (Lipinski definition) is 7. The molecule has 2 aromatic rings. The average molecular weight is 484 g/mol. The van der Waals surface area contributed by atoms with E-state index in [2.05, 4.69) is 18.4 Å². The maximum Gasteiger partial charge on any atom is 0.349 e. The van der Waals surface area contributed by atoms with Gasteiger partial charge in [-0.2, -0.15) is 5.26 Å². The Morgan fingerprint density at radius 2 is 1.69 bits per heavy atom. The highest BCUT2D eigenvalue weighted by Crippen LogP contribution is 2.20. The monoisotopic (exact) mass is 483 g/mol. The topological polar surface area (TPSA) is 142 Å². The Balaban J connectivity index is 2.30. The summed E-state index contributed by atoms with van der Waals surface area (Å²) >= 11 is 0. The fourth-order valence-electron chi connectivity index (χ4n) is 3.78. The van der Waals surface area contributed by atoms with E-state index in [1.165, 1.54) is 13.1 Å². The third kappa shape index (κ3) is 5.98. The third-order valence-electron chi connectivity index (χ3n) is 5.54. The van der Waals surface area contributed by atoms with Crippen molar-refractivity contribution in [3.05, 3.63) is 55.0 Å². The van der Waals surface area contributed by atoms with Crippen LogP contribution in [0.5, 0.6) is 0 Å². The van der Waals surface area contributed by atoms with Crippen LogP contribution < -0.4 is 17.0 Å². The van der Waals surface area contributed by atoms with Gasteiger partial charge < -0.3 is 15.0 Å². The molecule has 2 rings (SSSR count). The van der Waals surface area contributed by atoms with Crippen molar-refractivity contribution in [2.75, 3.05) is 12.3 Å². The highest BCUT2D eigenvalue weighted by atomic mass is 16.5. The fraction of sp³-hybridized carbons (Fsp3) is 0.480. The predicted octanol–water partition coefficient (Wildman–Crippen LogP) is 2.19. The van der Waals surface area contributed by atoms with Crippen LogP contribution in [0.1, 0.15) is 55.0 Å². The van der Waals surface area contributed by atoms with Crippen molar-refractivity contribution < 1.29 is 14.3 Å². The van der Waals surface area contributed by atoms with Gasteiger partial charge in [-0.15, -0.1) is 0 Å². The van der Waals surface area contributed by atoms with Crippen LogP contribution in [0.4, 0.5) is 5.82 Å². The van der Waals surface area contributed by atoms with Gasteiger partial charge in [-0.25, -0.2) is 9.59 Å². The number of aryl methyl sites for hydroxylation is 1. The van der Waals surface area contributed by atoms with Crippen LogP contribution in [0, 0.1) is 37.0 Å². The first kappa shape index (κ1) is 27.4. The van der Waals surface area contributed by atoms with Crippen LogP contribution >= 0.6 is 0 Å². The number of nitrogens with zero attached hydrogens (tertiary/aromatic N) is 4. The van der Waals surface area contributed by atoms with Crippen LogP contribution in [0.25, 0.3) is 6.08 Å². The highest BCUT2D eigenvalue weighted by molar-refractivity contribution is 6.03. The van der Waals surface area contributed by atoms with Crippen LogP contribution in [-0.4, -0.2) is 32.1 Å². The number of Topliss-reactive ketones (excluding diaryl/α,β-unsaturated/α-hetero) is 1. The summed E-state index contributed by atoms with van der Waals surface area (Å²) in [6.07, 6.45) is 1.42. The molecule has 0 atom stereocenters. The van der Waals surface area contributed by atoms with Gasteiger partial charge in [0.25, 0.3) is 5.56 Å². The minimum atomic E-state index is -1.000. The number of hydrogen-bond donors (Lipinski definition) is 1. The van der Waals surface area contributed by atoms with Crippen LogP contribution in [0.3, 0.4) is 0 Å². The molecule has 0 amide bonds. The molecule has 0 fully saturated rings. The molecule has 0 saturated heterocycles. The van der Waals surface area contributed by atoms with E-state index in [4.69, 9.17) is 10.5 Å².